The van der Waals surface area contributed by atoms with Crippen LogP contribution in [0.25, 0.3) is 15.7 Å². The zero-order valence-electron chi connectivity index (χ0n) is 22.9. The Balaban J connectivity index is 1.79. The number of carbonyl (C=O) groups excluding carboxylic acids is 1. The summed E-state index contributed by atoms with van der Waals surface area (Å²) in [6.07, 6.45) is 8.55. The van der Waals surface area contributed by atoms with Gasteiger partial charge in [0.15, 0.2) is 0 Å². The van der Waals surface area contributed by atoms with Gasteiger partial charge in [-0.2, -0.15) is 0 Å². The van der Waals surface area contributed by atoms with Crippen LogP contribution < -0.4 is 15.8 Å². The summed E-state index contributed by atoms with van der Waals surface area (Å²) in [5.41, 5.74) is 9.11. The number of amides is 1. The third-order valence-corrected chi connectivity index (χ3v) is 8.99. The van der Waals surface area contributed by atoms with Gasteiger partial charge in [0.2, 0.25) is 0 Å². The molecule has 0 unspecified atom stereocenters. The van der Waals surface area contributed by atoms with Crippen LogP contribution in [0.15, 0.2) is 60.8 Å². The SMILES string of the molecule is C=C(C)/C=C(\C=C/N)c1ccc(OC)c(CN(C(=O)c2sc3c(F)ccc(F)c3c2Cl)[C@H]2CC[C@H](NC)CC2)c1. The van der Waals surface area contributed by atoms with Crippen molar-refractivity contribution in [1.82, 2.24) is 10.2 Å². The first-order valence-electron chi connectivity index (χ1n) is 13.1. The van der Waals surface area contributed by atoms with Crippen molar-refractivity contribution in [2.75, 3.05) is 14.2 Å². The monoisotopic (exact) mass is 585 g/mol. The number of hydrogen-bond donors (Lipinski definition) is 2. The van der Waals surface area contributed by atoms with Gasteiger partial charge in [-0.25, -0.2) is 8.78 Å². The maximum absolute atomic E-state index is 14.6. The molecular weight excluding hydrogens is 552 g/mol. The highest BCUT2D eigenvalue weighted by Gasteiger charge is 2.33. The number of halogens is 3. The van der Waals surface area contributed by atoms with Crippen molar-refractivity contribution in [3.8, 4) is 5.75 Å². The Kier molecular flexibility index (Phi) is 9.66. The molecule has 0 aliphatic heterocycles. The van der Waals surface area contributed by atoms with Crippen molar-refractivity contribution in [3.63, 3.8) is 0 Å². The fourth-order valence-electron chi connectivity index (χ4n) is 5.27. The molecule has 0 atom stereocenters. The minimum Gasteiger partial charge on any atom is -0.496 e. The van der Waals surface area contributed by atoms with Crippen molar-refractivity contribution in [2.24, 2.45) is 5.73 Å². The highest BCUT2D eigenvalue weighted by molar-refractivity contribution is 7.21. The maximum Gasteiger partial charge on any atom is 0.266 e. The molecular formula is C31H34ClF2N3O2S. The third kappa shape index (κ3) is 6.24. The molecule has 212 valence electrons. The molecule has 9 heteroatoms. The fourth-order valence-corrected chi connectivity index (χ4v) is 6.78. The summed E-state index contributed by atoms with van der Waals surface area (Å²) in [6.45, 7) is 6.11. The van der Waals surface area contributed by atoms with E-state index >= 15 is 0 Å². The van der Waals surface area contributed by atoms with Crippen LogP contribution in [-0.2, 0) is 6.54 Å². The number of ether oxygens (including phenoxy) is 1. The number of nitrogens with two attached hydrogens (primary N) is 1. The largest absolute Gasteiger partial charge is 0.496 e. The number of thiophene rings is 1. The van der Waals surface area contributed by atoms with E-state index in [9.17, 15) is 13.6 Å². The normalized spacial score (nSPS) is 17.9. The van der Waals surface area contributed by atoms with Gasteiger partial charge in [-0.1, -0.05) is 35.9 Å². The first kappa shape index (κ1) is 29.8. The topological polar surface area (TPSA) is 67.6 Å². The Morgan fingerprint density at radius 1 is 1.23 bits per heavy atom. The van der Waals surface area contributed by atoms with Crippen molar-refractivity contribution in [1.29, 1.82) is 0 Å². The zero-order valence-corrected chi connectivity index (χ0v) is 24.5. The highest BCUT2D eigenvalue weighted by Crippen LogP contribution is 2.40. The van der Waals surface area contributed by atoms with E-state index in [4.69, 9.17) is 22.1 Å². The van der Waals surface area contributed by atoms with E-state index in [-0.39, 0.29) is 38.5 Å². The summed E-state index contributed by atoms with van der Waals surface area (Å²) in [5, 5.41) is 3.21. The molecule has 1 saturated carbocycles. The Morgan fingerprint density at radius 2 is 1.93 bits per heavy atom. The Labute approximate surface area is 242 Å². The van der Waals surface area contributed by atoms with Gasteiger partial charge in [0.1, 0.15) is 22.3 Å². The van der Waals surface area contributed by atoms with E-state index in [2.05, 4.69) is 11.9 Å². The second-order valence-electron chi connectivity index (χ2n) is 10.0. The predicted octanol–water partition coefficient (Wildman–Crippen LogP) is 7.45. The second-order valence-corrected chi connectivity index (χ2v) is 11.4. The molecule has 0 bridgehead atoms. The van der Waals surface area contributed by atoms with Gasteiger partial charge in [-0.05, 0) is 87.3 Å². The van der Waals surface area contributed by atoms with Crippen molar-refractivity contribution in [2.45, 2.75) is 51.2 Å². The Morgan fingerprint density at radius 3 is 2.52 bits per heavy atom. The first-order chi connectivity index (χ1) is 19.2. The number of benzene rings is 2. The molecule has 40 heavy (non-hydrogen) atoms. The van der Waals surface area contributed by atoms with E-state index in [1.165, 1.54) is 6.20 Å². The van der Waals surface area contributed by atoms with Crippen LogP contribution in [-0.4, -0.2) is 37.0 Å². The lowest BCUT2D eigenvalue weighted by Crippen LogP contribution is -2.44. The molecule has 1 amide bonds. The lowest BCUT2D eigenvalue weighted by molar-refractivity contribution is 0.0604. The zero-order chi connectivity index (χ0) is 29.0. The maximum atomic E-state index is 14.6. The molecule has 0 saturated heterocycles. The van der Waals surface area contributed by atoms with Crippen LogP contribution in [0.1, 0.15) is 53.4 Å². The van der Waals surface area contributed by atoms with E-state index in [1.54, 1.807) is 18.1 Å². The quantitative estimate of drug-likeness (QED) is 0.256. The molecule has 0 spiro atoms. The Hall–Kier alpha value is -3.20. The number of hydrogen-bond acceptors (Lipinski definition) is 5. The molecule has 5 nitrogen and oxygen atoms in total. The second kappa shape index (κ2) is 13.0. The van der Waals surface area contributed by atoms with Gasteiger partial charge in [0.05, 0.1) is 22.2 Å². The number of methoxy groups -OCH3 is 1. The van der Waals surface area contributed by atoms with Gasteiger partial charge in [0, 0.05) is 24.2 Å². The number of carbonyl (C=O) groups is 1. The van der Waals surface area contributed by atoms with E-state index in [1.807, 2.05) is 38.2 Å². The summed E-state index contributed by atoms with van der Waals surface area (Å²) >= 11 is 7.44. The van der Waals surface area contributed by atoms with Crippen LogP contribution in [0.5, 0.6) is 5.75 Å². The molecule has 2 aromatic carbocycles. The molecule has 3 N–H and O–H groups in total. The minimum atomic E-state index is -0.656. The first-order valence-corrected chi connectivity index (χ1v) is 14.3. The third-order valence-electron chi connectivity index (χ3n) is 7.31. The standard InChI is InChI=1S/C31H34ClF2N3O2S/c1-18(2)15-20(13-14-35)19-5-12-26(39-4)21(16-19)17-37(23-8-6-22(36-3)7-9-23)31(38)30-28(32)27-24(33)10-11-25(34)29(27)40-30/h5,10-16,22-23,36H,1,6-9,17,35H2,2-4H3/b14-13-,20-15+/t22-,23-. The molecule has 1 heterocycles. The van der Waals surface area contributed by atoms with E-state index in [0.717, 1.165) is 71.4 Å². The van der Waals surface area contributed by atoms with Crippen LogP contribution in [0.4, 0.5) is 8.78 Å². The number of nitrogens with one attached hydrogen (secondary N) is 1. The average Bonchev–Trinajstić information content (AvgIpc) is 3.31. The predicted molar refractivity (Wildman–Crippen MR) is 161 cm³/mol. The van der Waals surface area contributed by atoms with Crippen LogP contribution >= 0.6 is 22.9 Å². The van der Waals surface area contributed by atoms with Crippen LogP contribution in [0, 0.1) is 11.6 Å². The molecule has 1 fully saturated rings. The Bertz CT molecular complexity index is 1470. The van der Waals surface area contributed by atoms with E-state index < -0.39 is 11.6 Å². The number of rotatable bonds is 9. The summed E-state index contributed by atoms with van der Waals surface area (Å²) in [7, 11) is 3.53. The van der Waals surface area contributed by atoms with Gasteiger partial charge in [-0.15, -0.1) is 11.3 Å². The number of fused-ring (bicyclic) bond motifs is 1. The van der Waals surface area contributed by atoms with Crippen LogP contribution in [0.2, 0.25) is 5.02 Å². The fraction of sp³-hybridized carbons (Fsp3) is 0.323. The summed E-state index contributed by atoms with van der Waals surface area (Å²) in [6, 6.07) is 8.13. The minimum absolute atomic E-state index is 0.0370. The van der Waals surface area contributed by atoms with Gasteiger partial charge >= 0.3 is 0 Å². The summed E-state index contributed by atoms with van der Waals surface area (Å²) in [5.74, 6) is -0.999. The number of nitrogens with zero attached hydrogens (tertiary/aromatic N) is 1. The van der Waals surface area contributed by atoms with Gasteiger partial charge in [-0.3, -0.25) is 4.79 Å². The molecule has 1 aliphatic rings. The molecule has 4 rings (SSSR count). The molecule has 1 aliphatic carbocycles. The summed E-state index contributed by atoms with van der Waals surface area (Å²) < 4.78 is 35.0. The lowest BCUT2D eigenvalue weighted by atomic mass is 9.89. The average molecular weight is 586 g/mol. The van der Waals surface area contributed by atoms with Gasteiger partial charge in [0.25, 0.3) is 5.91 Å². The van der Waals surface area contributed by atoms with Crippen LogP contribution in [0.3, 0.4) is 0 Å². The van der Waals surface area contributed by atoms with Crippen molar-refractivity contribution >= 4 is 44.5 Å². The molecule has 0 radical (unpaired) electrons. The number of allylic oxidation sites excluding steroid dienone is 4. The van der Waals surface area contributed by atoms with E-state index in [0.29, 0.717) is 11.8 Å². The smallest absolute Gasteiger partial charge is 0.266 e. The molecule has 3 aromatic rings. The van der Waals surface area contributed by atoms with Gasteiger partial charge < -0.3 is 20.7 Å². The highest BCUT2D eigenvalue weighted by atomic mass is 35.5. The lowest BCUT2D eigenvalue weighted by Gasteiger charge is -2.37. The molecule has 1 aromatic heterocycles. The van der Waals surface area contributed by atoms with Crippen molar-refractivity contribution < 1.29 is 18.3 Å². The summed E-state index contributed by atoms with van der Waals surface area (Å²) in [4.78, 5) is 16.1. The van der Waals surface area contributed by atoms with Crippen molar-refractivity contribution in [3.05, 3.63) is 93.5 Å².